The van der Waals surface area contributed by atoms with Crippen LogP contribution in [0, 0.1) is 10.5 Å². The van der Waals surface area contributed by atoms with Gasteiger partial charge in [-0.15, -0.1) is 11.3 Å². The molecular weight excluding hydrogens is 444 g/mol. The molecule has 2 rings (SSSR count). The summed E-state index contributed by atoms with van der Waals surface area (Å²) in [6.07, 6.45) is 0. The zero-order chi connectivity index (χ0) is 13.3. The van der Waals surface area contributed by atoms with Crippen LogP contribution in [0.15, 0.2) is 28.1 Å². The van der Waals surface area contributed by atoms with Crippen molar-refractivity contribution in [1.29, 1.82) is 0 Å². The van der Waals surface area contributed by atoms with Crippen LogP contribution in [-0.4, -0.2) is 7.05 Å². The molecule has 1 aromatic heterocycles. The van der Waals surface area contributed by atoms with Crippen molar-refractivity contribution in [2.45, 2.75) is 13.0 Å². The van der Waals surface area contributed by atoms with Crippen LogP contribution in [0.25, 0.3) is 0 Å². The smallest absolute Gasteiger partial charge is 0.0704 e. The lowest BCUT2D eigenvalue weighted by Crippen LogP contribution is -2.17. The highest BCUT2D eigenvalue weighted by atomic mass is 127. The van der Waals surface area contributed by atoms with E-state index in [0.29, 0.717) is 0 Å². The van der Waals surface area contributed by atoms with Crippen LogP contribution in [0.3, 0.4) is 0 Å². The zero-order valence-electron chi connectivity index (χ0n) is 9.93. The first kappa shape index (κ1) is 14.8. The molecule has 0 bridgehead atoms. The molecule has 18 heavy (non-hydrogen) atoms. The van der Waals surface area contributed by atoms with Crippen LogP contribution in [0.5, 0.6) is 0 Å². The Bertz CT molecular complexity index is 570. The maximum Gasteiger partial charge on any atom is 0.0704 e. The van der Waals surface area contributed by atoms with Gasteiger partial charge in [-0.3, -0.25) is 0 Å². The number of rotatable bonds is 3. The number of aryl methyl sites for hydroxylation is 1. The molecule has 96 valence electrons. The maximum absolute atomic E-state index is 6.21. The SMILES string of the molecule is CNC(c1ccc(I)c(Cl)c1)c1cc(Br)sc1C. The van der Waals surface area contributed by atoms with Gasteiger partial charge in [0.15, 0.2) is 0 Å². The summed E-state index contributed by atoms with van der Waals surface area (Å²) in [6, 6.07) is 8.57. The van der Waals surface area contributed by atoms with Crippen molar-refractivity contribution >= 4 is 61.5 Å². The molecule has 0 saturated heterocycles. The Morgan fingerprint density at radius 3 is 2.61 bits per heavy atom. The Kier molecular flexibility index (Phi) is 5.11. The fourth-order valence-corrected chi connectivity index (χ4v) is 4.21. The lowest BCUT2D eigenvalue weighted by molar-refractivity contribution is 0.690. The quantitative estimate of drug-likeness (QED) is 0.611. The molecule has 1 unspecified atom stereocenters. The van der Waals surface area contributed by atoms with Gasteiger partial charge in [-0.05, 0) is 81.8 Å². The predicted octanol–water partition coefficient (Wildman–Crippen LogP) is 5.39. The van der Waals surface area contributed by atoms with Crippen LogP contribution in [0.2, 0.25) is 5.02 Å². The number of hydrogen-bond acceptors (Lipinski definition) is 2. The third kappa shape index (κ3) is 3.10. The highest BCUT2D eigenvalue weighted by Gasteiger charge is 2.17. The largest absolute Gasteiger partial charge is 0.309 e. The van der Waals surface area contributed by atoms with E-state index in [9.17, 15) is 0 Å². The van der Waals surface area contributed by atoms with Gasteiger partial charge in [-0.1, -0.05) is 17.7 Å². The molecule has 2 aromatic rings. The molecule has 0 saturated carbocycles. The molecule has 1 heterocycles. The Balaban J connectivity index is 2.45. The van der Waals surface area contributed by atoms with Crippen molar-refractivity contribution in [3.8, 4) is 0 Å². The second-order valence-electron chi connectivity index (χ2n) is 3.96. The molecule has 0 radical (unpaired) electrons. The lowest BCUT2D eigenvalue weighted by Gasteiger charge is -2.17. The topological polar surface area (TPSA) is 12.0 Å². The Morgan fingerprint density at radius 1 is 1.39 bits per heavy atom. The third-order valence-electron chi connectivity index (χ3n) is 2.80. The fourth-order valence-electron chi connectivity index (χ4n) is 1.94. The van der Waals surface area contributed by atoms with Crippen molar-refractivity contribution in [2.24, 2.45) is 0 Å². The van der Waals surface area contributed by atoms with E-state index >= 15 is 0 Å². The van der Waals surface area contributed by atoms with E-state index in [1.807, 2.05) is 13.1 Å². The minimum absolute atomic E-state index is 0.182. The summed E-state index contributed by atoms with van der Waals surface area (Å²) in [5.41, 5.74) is 2.49. The van der Waals surface area contributed by atoms with E-state index in [1.165, 1.54) is 16.0 Å². The molecule has 0 aliphatic heterocycles. The third-order valence-corrected chi connectivity index (χ3v) is 5.94. The molecule has 0 spiro atoms. The lowest BCUT2D eigenvalue weighted by atomic mass is 10.00. The Labute approximate surface area is 138 Å². The van der Waals surface area contributed by atoms with Crippen molar-refractivity contribution in [3.05, 3.63) is 52.6 Å². The van der Waals surface area contributed by atoms with Crippen LogP contribution in [0.4, 0.5) is 0 Å². The van der Waals surface area contributed by atoms with Crippen LogP contribution in [0.1, 0.15) is 22.0 Å². The van der Waals surface area contributed by atoms with Gasteiger partial charge in [0.2, 0.25) is 0 Å². The molecule has 1 aromatic carbocycles. The maximum atomic E-state index is 6.21. The average molecular weight is 457 g/mol. The second-order valence-corrected chi connectivity index (χ2v) is 8.16. The molecule has 0 aliphatic carbocycles. The van der Waals surface area contributed by atoms with Crippen molar-refractivity contribution in [3.63, 3.8) is 0 Å². The minimum atomic E-state index is 0.182. The highest BCUT2D eigenvalue weighted by Crippen LogP contribution is 2.34. The van der Waals surface area contributed by atoms with Gasteiger partial charge in [0.05, 0.1) is 14.9 Å². The van der Waals surface area contributed by atoms with Crippen LogP contribution in [-0.2, 0) is 0 Å². The summed E-state index contributed by atoms with van der Waals surface area (Å²) in [6.45, 7) is 2.14. The van der Waals surface area contributed by atoms with Gasteiger partial charge in [0.25, 0.3) is 0 Å². The molecule has 0 fully saturated rings. The van der Waals surface area contributed by atoms with Gasteiger partial charge in [-0.25, -0.2) is 0 Å². The van der Waals surface area contributed by atoms with Crippen LogP contribution >= 0.6 is 61.5 Å². The van der Waals surface area contributed by atoms with E-state index in [4.69, 9.17) is 11.6 Å². The molecule has 1 nitrogen and oxygen atoms in total. The average Bonchev–Trinajstić information content (AvgIpc) is 2.64. The first-order valence-electron chi connectivity index (χ1n) is 5.41. The van der Waals surface area contributed by atoms with Crippen molar-refractivity contribution in [2.75, 3.05) is 7.05 Å². The van der Waals surface area contributed by atoms with Gasteiger partial charge < -0.3 is 5.32 Å². The number of thiophene rings is 1. The minimum Gasteiger partial charge on any atom is -0.309 e. The van der Waals surface area contributed by atoms with E-state index < -0.39 is 0 Å². The van der Waals surface area contributed by atoms with Gasteiger partial charge in [0.1, 0.15) is 0 Å². The van der Waals surface area contributed by atoms with Gasteiger partial charge >= 0.3 is 0 Å². The summed E-state index contributed by atoms with van der Waals surface area (Å²) >= 11 is 13.7. The van der Waals surface area contributed by atoms with E-state index in [0.717, 1.165) is 12.4 Å². The summed E-state index contributed by atoms with van der Waals surface area (Å²) in [4.78, 5) is 1.32. The molecule has 1 N–H and O–H groups in total. The monoisotopic (exact) mass is 455 g/mol. The first-order chi connectivity index (χ1) is 8.52. The highest BCUT2D eigenvalue weighted by molar-refractivity contribution is 14.1. The molecule has 0 aliphatic rings. The Hall–Kier alpha value is 0.380. The summed E-state index contributed by atoms with van der Waals surface area (Å²) < 4.78 is 2.24. The Morgan fingerprint density at radius 2 is 2.11 bits per heavy atom. The number of benzene rings is 1. The second kappa shape index (κ2) is 6.22. The molecule has 0 amide bonds. The molecule has 5 heteroatoms. The van der Waals surface area contributed by atoms with E-state index in [2.05, 4.69) is 69.0 Å². The molecular formula is C13H12BrClINS. The van der Waals surface area contributed by atoms with E-state index in [1.54, 1.807) is 11.3 Å². The summed E-state index contributed by atoms with van der Waals surface area (Å²) in [5.74, 6) is 0. The van der Waals surface area contributed by atoms with Gasteiger partial charge in [0, 0.05) is 8.45 Å². The van der Waals surface area contributed by atoms with Crippen molar-refractivity contribution < 1.29 is 0 Å². The first-order valence-corrected chi connectivity index (χ1v) is 8.47. The van der Waals surface area contributed by atoms with Gasteiger partial charge in [-0.2, -0.15) is 0 Å². The number of nitrogens with one attached hydrogen (secondary N) is 1. The van der Waals surface area contributed by atoms with Crippen LogP contribution < -0.4 is 5.32 Å². The standard InChI is InChI=1S/C13H12BrClINS/c1-7-9(6-12(14)18-7)13(17-2)8-3-4-11(16)10(15)5-8/h3-6,13,17H,1-2H3. The normalized spacial score (nSPS) is 12.7. The molecule has 1 atom stereocenters. The predicted molar refractivity (Wildman–Crippen MR) is 91.8 cm³/mol. The summed E-state index contributed by atoms with van der Waals surface area (Å²) in [5, 5.41) is 4.17. The number of halogens is 3. The zero-order valence-corrected chi connectivity index (χ0v) is 15.2. The van der Waals surface area contributed by atoms with Crippen molar-refractivity contribution in [1.82, 2.24) is 5.32 Å². The number of hydrogen-bond donors (Lipinski definition) is 1. The van der Waals surface area contributed by atoms with E-state index in [-0.39, 0.29) is 6.04 Å². The summed E-state index contributed by atoms with van der Waals surface area (Å²) in [7, 11) is 1.97. The fraction of sp³-hybridized carbons (Fsp3) is 0.231.